The average Bonchev–Trinajstić information content (AvgIpc) is 2.68. The molecule has 0 radical (unpaired) electrons. The van der Waals surface area contributed by atoms with Gasteiger partial charge in [0.25, 0.3) is 0 Å². The Balaban J connectivity index is 2.60. The Hall–Kier alpha value is -1.80. The van der Waals surface area contributed by atoms with Gasteiger partial charge >= 0.3 is 12.1 Å². The van der Waals surface area contributed by atoms with Crippen molar-refractivity contribution in [3.8, 4) is 0 Å². The predicted molar refractivity (Wildman–Crippen MR) is 65.2 cm³/mol. The summed E-state index contributed by atoms with van der Waals surface area (Å²) in [5, 5.41) is 11.2. The van der Waals surface area contributed by atoms with Gasteiger partial charge in [-0.2, -0.15) is 13.2 Å². The Morgan fingerprint density at radius 2 is 2.10 bits per heavy atom. The number of halogens is 3. The second-order valence-electron chi connectivity index (χ2n) is 4.98. The van der Waals surface area contributed by atoms with Crippen LogP contribution in [0.5, 0.6) is 0 Å². The summed E-state index contributed by atoms with van der Waals surface area (Å²) in [4.78, 5) is 34.8. The van der Waals surface area contributed by atoms with Crippen molar-refractivity contribution in [2.45, 2.75) is 38.4 Å². The number of carboxylic acid groups (broad SMARTS) is 1. The summed E-state index contributed by atoms with van der Waals surface area (Å²) in [7, 11) is 0. The third-order valence-corrected chi connectivity index (χ3v) is 3.15. The highest BCUT2D eigenvalue weighted by atomic mass is 19.4. The molecule has 2 amide bonds. The number of hydrogen-bond acceptors (Lipinski definition) is 3. The van der Waals surface area contributed by atoms with Gasteiger partial charge in [0.15, 0.2) is 0 Å². The molecule has 1 aliphatic heterocycles. The molecule has 9 heteroatoms. The van der Waals surface area contributed by atoms with Crippen LogP contribution in [0, 0.1) is 5.92 Å². The molecule has 1 unspecified atom stereocenters. The number of alkyl halides is 3. The number of hydrogen-bond donors (Lipinski definition) is 2. The van der Waals surface area contributed by atoms with Crippen molar-refractivity contribution in [3.05, 3.63) is 0 Å². The van der Waals surface area contributed by atoms with E-state index < -0.39 is 42.5 Å². The first kappa shape index (κ1) is 17.3. The largest absolute Gasteiger partial charge is 0.480 e. The van der Waals surface area contributed by atoms with Crippen LogP contribution in [-0.2, 0) is 14.4 Å². The minimum atomic E-state index is -4.52. The first-order chi connectivity index (χ1) is 9.64. The molecule has 1 rings (SSSR count). The monoisotopic (exact) mass is 310 g/mol. The molecule has 6 nitrogen and oxygen atoms in total. The molecular formula is C12H17F3N2O4. The maximum Gasteiger partial charge on any atom is 0.406 e. The second-order valence-corrected chi connectivity index (χ2v) is 4.98. The summed E-state index contributed by atoms with van der Waals surface area (Å²) in [6.45, 7) is 0.00182. The number of carbonyl (C=O) groups excluding carboxylic acids is 2. The van der Waals surface area contributed by atoms with Crippen molar-refractivity contribution in [1.82, 2.24) is 10.2 Å². The molecule has 0 spiro atoms. The molecule has 0 aromatic carbocycles. The molecule has 2 atom stereocenters. The minimum Gasteiger partial charge on any atom is -0.480 e. The third kappa shape index (κ3) is 5.24. The van der Waals surface area contributed by atoms with Crippen LogP contribution < -0.4 is 5.32 Å². The zero-order valence-electron chi connectivity index (χ0n) is 11.4. The van der Waals surface area contributed by atoms with E-state index in [9.17, 15) is 27.6 Å². The quantitative estimate of drug-likeness (QED) is 0.758. The smallest absolute Gasteiger partial charge is 0.406 e. The molecule has 0 aromatic rings. The summed E-state index contributed by atoms with van der Waals surface area (Å²) in [6.07, 6.45) is -4.11. The molecule has 0 saturated carbocycles. The van der Waals surface area contributed by atoms with Crippen molar-refractivity contribution < 1.29 is 32.7 Å². The maximum absolute atomic E-state index is 12.3. The normalized spacial score (nSPS) is 20.5. The van der Waals surface area contributed by atoms with Gasteiger partial charge < -0.3 is 15.3 Å². The summed E-state index contributed by atoms with van der Waals surface area (Å²) >= 11 is 0. The summed E-state index contributed by atoms with van der Waals surface area (Å²) in [5.74, 6) is -3.61. The van der Waals surface area contributed by atoms with Crippen molar-refractivity contribution in [3.63, 3.8) is 0 Å². The lowest BCUT2D eigenvalue weighted by molar-refractivity contribution is -0.157. The second kappa shape index (κ2) is 6.77. The molecule has 1 saturated heterocycles. The lowest BCUT2D eigenvalue weighted by atomic mass is 10.1. The van der Waals surface area contributed by atoms with Crippen LogP contribution in [0.4, 0.5) is 13.2 Å². The third-order valence-electron chi connectivity index (χ3n) is 3.15. The van der Waals surface area contributed by atoms with E-state index in [0.29, 0.717) is 11.3 Å². The maximum atomic E-state index is 12.3. The molecule has 2 N–H and O–H groups in total. The number of carboxylic acids is 1. The standard InChI is InChI=1S/C12H17F3N2O4/c1-2-3-8(11(20)21)16-10(19)7-4-9(18)17(5-7)6-12(13,14)15/h7-8H,2-6H2,1H3,(H,16,19)(H,20,21)/t7?,8-/m0/s1. The van der Waals surface area contributed by atoms with Gasteiger partial charge in [-0.1, -0.05) is 13.3 Å². The molecule has 1 fully saturated rings. The lowest BCUT2D eigenvalue weighted by Crippen LogP contribution is -2.44. The van der Waals surface area contributed by atoms with E-state index >= 15 is 0 Å². The Morgan fingerprint density at radius 3 is 2.57 bits per heavy atom. The van der Waals surface area contributed by atoms with Crippen molar-refractivity contribution >= 4 is 17.8 Å². The van der Waals surface area contributed by atoms with Crippen LogP contribution >= 0.6 is 0 Å². The van der Waals surface area contributed by atoms with E-state index in [0.717, 1.165) is 0 Å². The highest BCUT2D eigenvalue weighted by Crippen LogP contribution is 2.24. The minimum absolute atomic E-state index is 0.216. The fourth-order valence-corrected chi connectivity index (χ4v) is 2.15. The van der Waals surface area contributed by atoms with Gasteiger partial charge in [-0.25, -0.2) is 4.79 Å². The SMILES string of the molecule is CCC[C@H](NC(=O)C1CC(=O)N(CC(F)(F)F)C1)C(=O)O. The molecule has 21 heavy (non-hydrogen) atoms. The first-order valence-electron chi connectivity index (χ1n) is 6.51. The molecule has 0 aromatic heterocycles. The lowest BCUT2D eigenvalue weighted by Gasteiger charge is -2.19. The zero-order chi connectivity index (χ0) is 16.2. The Kier molecular flexibility index (Phi) is 5.56. The van der Waals surface area contributed by atoms with Gasteiger partial charge in [0, 0.05) is 13.0 Å². The van der Waals surface area contributed by atoms with Crippen LogP contribution in [0.3, 0.4) is 0 Å². The van der Waals surface area contributed by atoms with E-state index in [1.165, 1.54) is 0 Å². The number of likely N-dealkylation sites (tertiary alicyclic amines) is 1. The van der Waals surface area contributed by atoms with Crippen LogP contribution in [0.25, 0.3) is 0 Å². The summed E-state index contributed by atoms with van der Waals surface area (Å²) in [6, 6.07) is -1.09. The van der Waals surface area contributed by atoms with Gasteiger partial charge in [0.05, 0.1) is 5.92 Å². The Labute approximate surface area is 119 Å². The van der Waals surface area contributed by atoms with Crippen LogP contribution in [-0.4, -0.2) is 53.1 Å². The number of carbonyl (C=O) groups is 3. The molecule has 1 heterocycles. The molecule has 1 aliphatic rings. The van der Waals surface area contributed by atoms with Crippen molar-refractivity contribution in [1.29, 1.82) is 0 Å². The summed E-state index contributed by atoms with van der Waals surface area (Å²) in [5.41, 5.74) is 0. The number of rotatable bonds is 6. The molecule has 0 bridgehead atoms. The number of amides is 2. The molecular weight excluding hydrogens is 293 g/mol. The van der Waals surface area contributed by atoms with Gasteiger partial charge in [-0.05, 0) is 6.42 Å². The van der Waals surface area contributed by atoms with E-state index in [1.807, 2.05) is 0 Å². The van der Waals surface area contributed by atoms with Crippen molar-refractivity contribution in [2.24, 2.45) is 5.92 Å². The zero-order valence-corrected chi connectivity index (χ0v) is 11.4. The van der Waals surface area contributed by atoms with Gasteiger partial charge in [-0.15, -0.1) is 0 Å². The van der Waals surface area contributed by atoms with Crippen molar-refractivity contribution in [2.75, 3.05) is 13.1 Å². The van der Waals surface area contributed by atoms with E-state index in [-0.39, 0.29) is 19.4 Å². The predicted octanol–water partition coefficient (Wildman–Crippen LogP) is 0.767. The molecule has 0 aliphatic carbocycles. The Bertz CT molecular complexity index is 425. The van der Waals surface area contributed by atoms with E-state index in [2.05, 4.69) is 5.32 Å². The average molecular weight is 310 g/mol. The molecule has 120 valence electrons. The summed E-state index contributed by atoms with van der Waals surface area (Å²) < 4.78 is 36.8. The van der Waals surface area contributed by atoms with Crippen LogP contribution in [0.1, 0.15) is 26.2 Å². The number of nitrogens with zero attached hydrogens (tertiary/aromatic N) is 1. The highest BCUT2D eigenvalue weighted by Gasteiger charge is 2.41. The number of aliphatic carboxylic acids is 1. The fraction of sp³-hybridized carbons (Fsp3) is 0.750. The van der Waals surface area contributed by atoms with Crippen LogP contribution in [0.15, 0.2) is 0 Å². The van der Waals surface area contributed by atoms with E-state index in [4.69, 9.17) is 5.11 Å². The number of nitrogens with one attached hydrogen (secondary N) is 1. The van der Waals surface area contributed by atoms with E-state index in [1.54, 1.807) is 6.92 Å². The van der Waals surface area contributed by atoms with Gasteiger partial charge in [-0.3, -0.25) is 9.59 Å². The first-order valence-corrected chi connectivity index (χ1v) is 6.51. The van der Waals surface area contributed by atoms with Crippen LogP contribution in [0.2, 0.25) is 0 Å². The van der Waals surface area contributed by atoms with Gasteiger partial charge in [0.2, 0.25) is 11.8 Å². The topological polar surface area (TPSA) is 86.7 Å². The van der Waals surface area contributed by atoms with Gasteiger partial charge in [0.1, 0.15) is 12.6 Å². The fourth-order valence-electron chi connectivity index (χ4n) is 2.15. The Morgan fingerprint density at radius 1 is 1.48 bits per heavy atom. The highest BCUT2D eigenvalue weighted by molar-refractivity contribution is 5.91.